The van der Waals surface area contributed by atoms with E-state index in [-0.39, 0.29) is 24.5 Å². The van der Waals surface area contributed by atoms with Gasteiger partial charge in [0.25, 0.3) is 5.91 Å². The lowest BCUT2D eigenvalue weighted by Gasteiger charge is -2.30. The Hall–Kier alpha value is -2.66. The molecule has 9 nitrogen and oxygen atoms in total. The van der Waals surface area contributed by atoms with Crippen molar-refractivity contribution in [2.75, 3.05) is 20.3 Å². The second-order valence-electron chi connectivity index (χ2n) is 6.43. The van der Waals surface area contributed by atoms with E-state index in [1.807, 2.05) is 0 Å². The second kappa shape index (κ2) is 8.78. The zero-order chi connectivity index (χ0) is 21.0. The lowest BCUT2D eigenvalue weighted by atomic mass is 10.0. The summed E-state index contributed by atoms with van der Waals surface area (Å²) in [4.78, 5) is 11.9. The third-order valence-corrected chi connectivity index (χ3v) is 6.93. The van der Waals surface area contributed by atoms with Gasteiger partial charge in [0.15, 0.2) is 9.84 Å². The summed E-state index contributed by atoms with van der Waals surface area (Å²) in [5.41, 5.74) is 0. The van der Waals surface area contributed by atoms with Crippen molar-refractivity contribution in [1.29, 1.82) is 0 Å². The summed E-state index contributed by atoms with van der Waals surface area (Å²) in [5, 5.41) is 16.3. The first-order valence-electron chi connectivity index (χ1n) is 8.78. The first kappa shape index (κ1) is 21.1. The topological polar surface area (TPSA) is 123 Å². The molecule has 2 aromatic rings. The Morgan fingerprint density at radius 3 is 2.45 bits per heavy atom. The van der Waals surface area contributed by atoms with Gasteiger partial charge in [0.05, 0.1) is 29.8 Å². The van der Waals surface area contributed by atoms with Gasteiger partial charge in [-0.05, 0) is 42.8 Å². The highest BCUT2D eigenvalue weighted by molar-refractivity contribution is 7.92. The number of carbonyl (C=O) groups excluding carboxylic acids is 1. The Balaban J connectivity index is 1.80. The van der Waals surface area contributed by atoms with Gasteiger partial charge >= 0.3 is 0 Å². The minimum Gasteiger partial charge on any atom is -0.497 e. The van der Waals surface area contributed by atoms with Gasteiger partial charge in [-0.1, -0.05) is 11.3 Å². The average Bonchev–Trinajstić information content (AvgIpc) is 2.73. The number of sulfone groups is 1. The van der Waals surface area contributed by atoms with Crippen molar-refractivity contribution < 1.29 is 37.8 Å². The molecule has 1 amide bonds. The second-order valence-corrected chi connectivity index (χ2v) is 8.60. The van der Waals surface area contributed by atoms with Crippen LogP contribution >= 0.6 is 0 Å². The van der Waals surface area contributed by atoms with Crippen LogP contribution in [0.5, 0.6) is 17.2 Å². The number of benzene rings is 2. The molecule has 2 unspecified atom stereocenters. The quantitative estimate of drug-likeness (QED) is 0.536. The fourth-order valence-electron chi connectivity index (χ4n) is 3.14. The van der Waals surface area contributed by atoms with Crippen LogP contribution in [0.15, 0.2) is 53.4 Å². The van der Waals surface area contributed by atoms with E-state index >= 15 is 0 Å². The molecule has 2 N–H and O–H groups in total. The standard InChI is InChI=1S/C19H21NO8S/c1-26-14-3-2-4-15(11-14)28-13-5-7-16(8-6-13)29(24,25)18-9-10-27-12-17(18)19(21)20(22)23/h2-8,11,17-18,22-23H,9-10,12H2,1H3. The van der Waals surface area contributed by atoms with Crippen LogP contribution in [0.4, 0.5) is 0 Å². The molecule has 3 rings (SSSR count). The van der Waals surface area contributed by atoms with Crippen LogP contribution in [0.1, 0.15) is 6.42 Å². The summed E-state index contributed by atoms with van der Waals surface area (Å²) >= 11 is 0. The zero-order valence-corrected chi connectivity index (χ0v) is 16.4. The molecule has 1 saturated heterocycles. The van der Waals surface area contributed by atoms with Crippen molar-refractivity contribution in [2.45, 2.75) is 16.6 Å². The Morgan fingerprint density at radius 2 is 1.79 bits per heavy atom. The lowest BCUT2D eigenvalue weighted by molar-refractivity contribution is -0.289. The van der Waals surface area contributed by atoms with E-state index in [0.29, 0.717) is 17.2 Å². The molecule has 0 bridgehead atoms. The average molecular weight is 423 g/mol. The maximum Gasteiger partial charge on any atom is 0.279 e. The summed E-state index contributed by atoms with van der Waals surface area (Å²) in [6.07, 6.45) is 0.0641. The number of methoxy groups -OCH3 is 1. The maximum atomic E-state index is 13.0. The molecule has 2 atom stereocenters. The molecule has 0 aromatic heterocycles. The van der Waals surface area contributed by atoms with E-state index in [9.17, 15) is 13.2 Å². The smallest absolute Gasteiger partial charge is 0.279 e. The molecule has 1 fully saturated rings. The van der Waals surface area contributed by atoms with Gasteiger partial charge in [-0.2, -0.15) is 0 Å². The zero-order valence-electron chi connectivity index (χ0n) is 15.6. The highest BCUT2D eigenvalue weighted by atomic mass is 32.2. The van der Waals surface area contributed by atoms with Crippen LogP contribution in [0.2, 0.25) is 0 Å². The molecule has 29 heavy (non-hydrogen) atoms. The van der Waals surface area contributed by atoms with Crippen LogP contribution in [0, 0.1) is 5.92 Å². The van der Waals surface area contributed by atoms with Crippen LogP contribution in [0.25, 0.3) is 0 Å². The van der Waals surface area contributed by atoms with Crippen molar-refractivity contribution in [1.82, 2.24) is 5.23 Å². The lowest BCUT2D eigenvalue weighted by Crippen LogP contribution is -2.46. The number of amides is 1. The number of nitrogens with zero attached hydrogens (tertiary/aromatic N) is 1. The molecule has 10 heteroatoms. The van der Waals surface area contributed by atoms with Crippen molar-refractivity contribution in [3.8, 4) is 17.2 Å². The van der Waals surface area contributed by atoms with Crippen molar-refractivity contribution in [3.05, 3.63) is 48.5 Å². The summed E-state index contributed by atoms with van der Waals surface area (Å²) in [6.45, 7) is -0.0566. The Labute approximate surface area is 167 Å². The Morgan fingerprint density at radius 1 is 1.10 bits per heavy atom. The number of rotatable bonds is 6. The first-order valence-corrected chi connectivity index (χ1v) is 10.3. The summed E-state index contributed by atoms with van der Waals surface area (Å²) in [6, 6.07) is 12.8. The normalized spacial score (nSPS) is 19.4. The third kappa shape index (κ3) is 4.67. The van der Waals surface area contributed by atoms with Gasteiger partial charge in [0.1, 0.15) is 17.2 Å². The van der Waals surface area contributed by atoms with Crippen molar-refractivity contribution >= 4 is 15.7 Å². The van der Waals surface area contributed by atoms with Crippen molar-refractivity contribution in [2.24, 2.45) is 5.92 Å². The fraction of sp³-hybridized carbons (Fsp3) is 0.316. The molecule has 0 aliphatic carbocycles. The highest BCUT2D eigenvalue weighted by Crippen LogP contribution is 2.31. The number of hydrogen-bond donors (Lipinski definition) is 2. The summed E-state index contributed by atoms with van der Waals surface area (Å²) < 4.78 is 42.1. The predicted molar refractivity (Wildman–Crippen MR) is 99.8 cm³/mol. The number of ether oxygens (including phenoxy) is 3. The van der Waals surface area contributed by atoms with E-state index < -0.39 is 32.1 Å². The molecule has 156 valence electrons. The Kier molecular flexibility index (Phi) is 6.38. The summed E-state index contributed by atoms with van der Waals surface area (Å²) in [7, 11) is -2.37. The van der Waals surface area contributed by atoms with E-state index in [1.165, 1.54) is 24.3 Å². The van der Waals surface area contributed by atoms with Crippen LogP contribution < -0.4 is 9.47 Å². The highest BCUT2D eigenvalue weighted by Gasteiger charge is 2.42. The van der Waals surface area contributed by atoms with Gasteiger partial charge < -0.3 is 14.2 Å². The minimum atomic E-state index is -3.92. The van der Waals surface area contributed by atoms with Crippen LogP contribution in [-0.4, -0.2) is 55.5 Å². The van der Waals surface area contributed by atoms with Crippen molar-refractivity contribution in [3.63, 3.8) is 0 Å². The van der Waals surface area contributed by atoms with Gasteiger partial charge in [-0.25, -0.2) is 8.42 Å². The first-order chi connectivity index (χ1) is 13.8. The number of carbonyl (C=O) groups is 1. The summed E-state index contributed by atoms with van der Waals surface area (Å²) in [5.74, 6) is -0.763. The number of hydroxylamine groups is 2. The SMILES string of the molecule is COc1cccc(Oc2ccc(S(=O)(=O)C3CCOCC3C(=O)N(O)O)cc2)c1. The van der Waals surface area contributed by atoms with Gasteiger partial charge in [0.2, 0.25) is 0 Å². The molecule has 1 aliphatic heterocycles. The minimum absolute atomic E-state index is 0.00243. The van der Waals surface area contributed by atoms with E-state index in [4.69, 9.17) is 24.6 Å². The van der Waals surface area contributed by atoms with E-state index in [1.54, 1.807) is 31.4 Å². The molecule has 0 saturated carbocycles. The maximum absolute atomic E-state index is 13.0. The molecular weight excluding hydrogens is 402 g/mol. The molecular formula is C19H21NO8S. The largest absolute Gasteiger partial charge is 0.497 e. The monoisotopic (exact) mass is 423 g/mol. The van der Waals surface area contributed by atoms with Gasteiger partial charge in [-0.15, -0.1) is 0 Å². The van der Waals surface area contributed by atoms with E-state index in [0.717, 1.165) is 0 Å². The van der Waals surface area contributed by atoms with Crippen LogP contribution in [-0.2, 0) is 19.4 Å². The van der Waals surface area contributed by atoms with Gasteiger partial charge in [-0.3, -0.25) is 15.2 Å². The third-order valence-electron chi connectivity index (χ3n) is 4.63. The predicted octanol–water partition coefficient (Wildman–Crippen LogP) is 2.27. The van der Waals surface area contributed by atoms with E-state index in [2.05, 4.69) is 0 Å². The molecule has 0 spiro atoms. The molecule has 1 heterocycles. The number of hydrogen-bond acceptors (Lipinski definition) is 8. The molecule has 0 radical (unpaired) electrons. The Bertz CT molecular complexity index is 958. The fourth-order valence-corrected chi connectivity index (χ4v) is 5.04. The molecule has 1 aliphatic rings. The van der Waals surface area contributed by atoms with Gasteiger partial charge in [0, 0.05) is 12.7 Å². The molecule has 2 aromatic carbocycles. The van der Waals surface area contributed by atoms with Crippen LogP contribution in [0.3, 0.4) is 0 Å².